The number of phosphoric ester groups is 2. The number of hydrogen-bond acceptors (Lipinski definition) is 15. The standard InChI is InChI=1S/C67H130O17P2/c1-57(2)43-35-27-19-16-14-12-10-9-11-13-15-17-21-33-41-49-66(71)83-62(53-77-64(69)47-39-31-22-18-20-28-36-44-58(3)4)55-81-85(73,74)79-51-61(68)52-80-86(75,76)82-56-63(84-67(72)50-42-34-26-24-30-38-46-60(7)8)54-78-65(70)48-40-32-25-23-29-37-45-59(5)6/h57-63,68H,9-56H2,1-8H3,(H,73,74)(H,75,76)/t61?,62-,63-/m1/s1. The SMILES string of the molecule is CC(C)CCCCCCCCCCCCCCCCCC(=O)O[C@H](COC(=O)CCCCCCCCCC(C)C)COP(=O)(O)OCC(O)COP(=O)(O)OC[C@@H](COC(=O)CCCCCCCCC(C)C)OC(=O)CCCCCCCCC(C)C. The van der Waals surface area contributed by atoms with Gasteiger partial charge in [0.15, 0.2) is 12.2 Å². The molecule has 17 nitrogen and oxygen atoms in total. The third kappa shape index (κ3) is 60.9. The average Bonchev–Trinajstić information content (AvgIpc) is 3.56. The molecular formula is C67H130O17P2. The van der Waals surface area contributed by atoms with Gasteiger partial charge in [0.25, 0.3) is 0 Å². The summed E-state index contributed by atoms with van der Waals surface area (Å²) in [4.78, 5) is 72.2. The molecule has 0 amide bonds. The minimum atomic E-state index is -4.95. The van der Waals surface area contributed by atoms with Gasteiger partial charge in [-0.05, 0) is 49.4 Å². The van der Waals surface area contributed by atoms with E-state index in [9.17, 15) is 43.2 Å². The average molecular weight is 1270 g/mol. The topological polar surface area (TPSA) is 237 Å². The van der Waals surface area contributed by atoms with E-state index < -0.39 is 97.5 Å². The summed E-state index contributed by atoms with van der Waals surface area (Å²) in [6.07, 6.45) is 38.1. The molecule has 0 radical (unpaired) electrons. The van der Waals surface area contributed by atoms with Crippen molar-refractivity contribution in [1.82, 2.24) is 0 Å². The lowest BCUT2D eigenvalue weighted by molar-refractivity contribution is -0.161. The number of carbonyl (C=O) groups is 4. The highest BCUT2D eigenvalue weighted by Gasteiger charge is 2.30. The minimum Gasteiger partial charge on any atom is -0.462 e. The monoisotopic (exact) mass is 1270 g/mol. The van der Waals surface area contributed by atoms with Crippen molar-refractivity contribution in [2.75, 3.05) is 39.6 Å². The van der Waals surface area contributed by atoms with Crippen LogP contribution in [0.1, 0.15) is 325 Å². The Balaban J connectivity index is 5.19. The molecule has 0 aliphatic carbocycles. The molecule has 0 rings (SSSR count). The molecular weight excluding hydrogens is 1140 g/mol. The molecule has 5 atom stereocenters. The molecule has 0 bridgehead atoms. The van der Waals surface area contributed by atoms with Crippen LogP contribution < -0.4 is 0 Å². The molecule has 3 unspecified atom stereocenters. The fraction of sp³-hybridized carbons (Fsp3) is 0.940. The van der Waals surface area contributed by atoms with E-state index in [1.807, 2.05) is 0 Å². The number of aliphatic hydroxyl groups excluding tert-OH is 1. The summed E-state index contributed by atoms with van der Waals surface area (Å²) in [5.74, 6) is 0.716. The fourth-order valence-corrected chi connectivity index (χ4v) is 11.5. The molecule has 0 aliphatic heterocycles. The molecule has 0 aromatic carbocycles. The maximum absolute atomic E-state index is 13.0. The van der Waals surface area contributed by atoms with Gasteiger partial charge < -0.3 is 33.8 Å². The first-order chi connectivity index (χ1) is 41.1. The molecule has 0 spiro atoms. The Morgan fingerprint density at radius 2 is 0.488 bits per heavy atom. The van der Waals surface area contributed by atoms with Gasteiger partial charge in [-0.25, -0.2) is 9.13 Å². The van der Waals surface area contributed by atoms with Gasteiger partial charge >= 0.3 is 39.5 Å². The summed E-state index contributed by atoms with van der Waals surface area (Å²) in [6, 6.07) is 0. The van der Waals surface area contributed by atoms with Crippen molar-refractivity contribution in [3.63, 3.8) is 0 Å². The van der Waals surface area contributed by atoms with Gasteiger partial charge in [-0.2, -0.15) is 0 Å². The van der Waals surface area contributed by atoms with E-state index in [1.165, 1.54) is 116 Å². The highest BCUT2D eigenvalue weighted by atomic mass is 31.2. The molecule has 0 aromatic heterocycles. The summed E-state index contributed by atoms with van der Waals surface area (Å²) >= 11 is 0. The zero-order valence-corrected chi connectivity index (χ0v) is 57.7. The molecule has 0 saturated carbocycles. The molecule has 19 heteroatoms. The number of unbranched alkanes of at least 4 members (excludes halogenated alkanes) is 30. The third-order valence-electron chi connectivity index (χ3n) is 15.3. The van der Waals surface area contributed by atoms with E-state index in [4.69, 9.17) is 37.0 Å². The Hall–Kier alpha value is -1.94. The van der Waals surface area contributed by atoms with E-state index >= 15 is 0 Å². The van der Waals surface area contributed by atoms with Crippen molar-refractivity contribution >= 4 is 39.5 Å². The molecule has 3 N–H and O–H groups in total. The maximum Gasteiger partial charge on any atom is 0.472 e. The number of rotatable bonds is 64. The second-order valence-electron chi connectivity index (χ2n) is 26.1. The van der Waals surface area contributed by atoms with Crippen LogP contribution in [-0.2, 0) is 65.4 Å². The van der Waals surface area contributed by atoms with Crippen molar-refractivity contribution < 1.29 is 80.2 Å². The highest BCUT2D eigenvalue weighted by molar-refractivity contribution is 7.47. The van der Waals surface area contributed by atoms with Gasteiger partial charge in [0, 0.05) is 25.7 Å². The maximum atomic E-state index is 13.0. The second-order valence-corrected chi connectivity index (χ2v) is 29.0. The first-order valence-electron chi connectivity index (χ1n) is 34.7. The molecule has 0 aromatic rings. The summed E-state index contributed by atoms with van der Waals surface area (Å²) in [7, 11) is -9.89. The van der Waals surface area contributed by atoms with Gasteiger partial charge in [0.2, 0.25) is 0 Å². The predicted molar refractivity (Wildman–Crippen MR) is 344 cm³/mol. The van der Waals surface area contributed by atoms with E-state index in [2.05, 4.69) is 55.4 Å². The van der Waals surface area contributed by atoms with Gasteiger partial charge in [-0.3, -0.25) is 37.3 Å². The van der Waals surface area contributed by atoms with E-state index in [-0.39, 0.29) is 25.7 Å². The number of esters is 4. The second kappa shape index (κ2) is 57.0. The van der Waals surface area contributed by atoms with Gasteiger partial charge in [0.1, 0.15) is 19.3 Å². The number of phosphoric acid groups is 2. The quantitative estimate of drug-likeness (QED) is 0.0222. The molecule has 0 saturated heterocycles. The largest absolute Gasteiger partial charge is 0.472 e. The van der Waals surface area contributed by atoms with Crippen LogP contribution in [0, 0.1) is 23.7 Å². The Labute approximate surface area is 524 Å². The van der Waals surface area contributed by atoms with Crippen LogP contribution in [0.25, 0.3) is 0 Å². The number of hydrogen-bond donors (Lipinski definition) is 3. The zero-order valence-electron chi connectivity index (χ0n) is 55.9. The van der Waals surface area contributed by atoms with Gasteiger partial charge in [-0.1, -0.05) is 274 Å². The lowest BCUT2D eigenvalue weighted by Crippen LogP contribution is -2.30. The third-order valence-corrected chi connectivity index (χ3v) is 17.2. The van der Waals surface area contributed by atoms with E-state index in [0.717, 1.165) is 109 Å². The smallest absolute Gasteiger partial charge is 0.462 e. The molecule has 86 heavy (non-hydrogen) atoms. The van der Waals surface area contributed by atoms with Crippen LogP contribution in [0.5, 0.6) is 0 Å². The van der Waals surface area contributed by atoms with E-state index in [0.29, 0.717) is 43.4 Å². The lowest BCUT2D eigenvalue weighted by atomic mass is 10.0. The molecule has 0 fully saturated rings. The fourth-order valence-electron chi connectivity index (χ4n) is 9.96. The minimum absolute atomic E-state index is 0.100. The molecule has 0 aliphatic rings. The van der Waals surface area contributed by atoms with Gasteiger partial charge in [0.05, 0.1) is 26.4 Å². The normalized spacial score (nSPS) is 14.4. The van der Waals surface area contributed by atoms with Crippen LogP contribution in [-0.4, -0.2) is 96.7 Å². The summed E-state index contributed by atoms with van der Waals surface area (Å²) < 4.78 is 68.0. The number of aliphatic hydroxyl groups is 1. The number of ether oxygens (including phenoxy) is 4. The van der Waals surface area contributed by atoms with Crippen LogP contribution in [0.3, 0.4) is 0 Å². The van der Waals surface area contributed by atoms with Crippen LogP contribution in [0.15, 0.2) is 0 Å². The summed E-state index contributed by atoms with van der Waals surface area (Å²) in [5, 5.41) is 10.5. The zero-order chi connectivity index (χ0) is 63.9. The van der Waals surface area contributed by atoms with Crippen molar-refractivity contribution in [3.8, 4) is 0 Å². The van der Waals surface area contributed by atoms with Crippen molar-refractivity contribution in [3.05, 3.63) is 0 Å². The Morgan fingerprint density at radius 1 is 0.291 bits per heavy atom. The first-order valence-corrected chi connectivity index (χ1v) is 37.7. The highest BCUT2D eigenvalue weighted by Crippen LogP contribution is 2.45. The molecule has 510 valence electrons. The summed E-state index contributed by atoms with van der Waals surface area (Å²) in [6.45, 7) is 13.9. The van der Waals surface area contributed by atoms with E-state index in [1.54, 1.807) is 0 Å². The van der Waals surface area contributed by atoms with Crippen molar-refractivity contribution in [2.45, 2.75) is 343 Å². The number of carbonyl (C=O) groups excluding carboxylic acids is 4. The van der Waals surface area contributed by atoms with Gasteiger partial charge in [-0.15, -0.1) is 0 Å². The summed E-state index contributed by atoms with van der Waals surface area (Å²) in [5.41, 5.74) is 0. The van der Waals surface area contributed by atoms with Crippen molar-refractivity contribution in [2.24, 2.45) is 23.7 Å². The first kappa shape index (κ1) is 84.1. The molecule has 0 heterocycles. The van der Waals surface area contributed by atoms with Crippen LogP contribution in [0.2, 0.25) is 0 Å². The van der Waals surface area contributed by atoms with Crippen LogP contribution >= 0.6 is 15.6 Å². The lowest BCUT2D eigenvalue weighted by Gasteiger charge is -2.21. The predicted octanol–water partition coefficient (Wildman–Crippen LogP) is 18.5. The Morgan fingerprint density at radius 3 is 0.721 bits per heavy atom. The Bertz CT molecular complexity index is 1710. The van der Waals surface area contributed by atoms with Crippen molar-refractivity contribution in [1.29, 1.82) is 0 Å². The Kier molecular flexibility index (Phi) is 55.7. The van der Waals surface area contributed by atoms with Crippen LogP contribution in [0.4, 0.5) is 0 Å².